The molecule has 2 nitrogen and oxygen atoms in total. The molecule has 0 amide bonds. The van der Waals surface area contributed by atoms with E-state index in [-0.39, 0.29) is 5.76 Å². The second-order valence-electron chi connectivity index (χ2n) is 2.44. The molecule has 1 aromatic rings. The summed E-state index contributed by atoms with van der Waals surface area (Å²) in [5.41, 5.74) is 4.86. The van der Waals surface area contributed by atoms with Crippen molar-refractivity contribution in [1.82, 2.24) is 0 Å². The minimum atomic E-state index is -2.88. The van der Waals surface area contributed by atoms with Crippen LogP contribution in [0.2, 0.25) is 0 Å². The Bertz CT molecular complexity index is 262. The van der Waals surface area contributed by atoms with E-state index >= 15 is 0 Å². The van der Waals surface area contributed by atoms with E-state index in [4.69, 9.17) is 10.2 Å². The van der Waals surface area contributed by atoms with Crippen LogP contribution in [0.1, 0.15) is 5.76 Å². The lowest BCUT2D eigenvalue weighted by Gasteiger charge is -2.10. The van der Waals surface area contributed by atoms with Gasteiger partial charge in [0.1, 0.15) is 5.76 Å². The predicted molar refractivity (Wildman–Crippen MR) is 44.1 cm³/mol. The van der Waals surface area contributed by atoms with Crippen molar-refractivity contribution in [3.63, 3.8) is 0 Å². The first-order valence-electron chi connectivity index (χ1n) is 3.35. The van der Waals surface area contributed by atoms with Gasteiger partial charge in [0.2, 0.25) is 0 Å². The zero-order valence-corrected chi connectivity index (χ0v) is 7.77. The highest BCUT2D eigenvalue weighted by molar-refractivity contribution is 9.10. The number of rotatable bonds is 3. The van der Waals surface area contributed by atoms with E-state index < -0.39 is 18.9 Å². The van der Waals surface area contributed by atoms with Gasteiger partial charge in [-0.1, -0.05) is 0 Å². The van der Waals surface area contributed by atoms with Crippen LogP contribution in [-0.4, -0.2) is 12.5 Å². The zero-order valence-electron chi connectivity index (χ0n) is 6.19. The van der Waals surface area contributed by atoms with Gasteiger partial charge in [-0.25, -0.2) is 8.78 Å². The maximum absolute atomic E-state index is 12.6. The zero-order chi connectivity index (χ0) is 9.19. The third kappa shape index (κ3) is 2.57. The summed E-state index contributed by atoms with van der Waals surface area (Å²) in [5, 5.41) is 0. The van der Waals surface area contributed by atoms with Crippen molar-refractivity contribution in [2.75, 3.05) is 6.54 Å². The van der Waals surface area contributed by atoms with Gasteiger partial charge in [0.25, 0.3) is 5.92 Å². The molecule has 1 aromatic heterocycles. The van der Waals surface area contributed by atoms with E-state index in [1.807, 2.05) is 0 Å². The molecular formula is C7H8BrF2NO. The molecule has 0 radical (unpaired) electrons. The molecule has 0 spiro atoms. The Morgan fingerprint density at radius 2 is 2.17 bits per heavy atom. The molecule has 0 unspecified atom stereocenters. The Morgan fingerprint density at radius 1 is 1.50 bits per heavy atom. The van der Waals surface area contributed by atoms with E-state index in [2.05, 4.69) is 15.9 Å². The summed E-state index contributed by atoms with van der Waals surface area (Å²) in [5.74, 6) is -2.64. The van der Waals surface area contributed by atoms with Gasteiger partial charge in [-0.15, -0.1) is 0 Å². The monoisotopic (exact) mass is 239 g/mol. The van der Waals surface area contributed by atoms with E-state index in [1.54, 1.807) is 6.07 Å². The van der Waals surface area contributed by atoms with E-state index in [0.29, 0.717) is 4.67 Å². The summed E-state index contributed by atoms with van der Waals surface area (Å²) in [4.78, 5) is 0. The molecule has 12 heavy (non-hydrogen) atoms. The molecule has 0 aliphatic carbocycles. The SMILES string of the molecule is NCC(F)(F)Cc1ccc(Br)o1. The lowest BCUT2D eigenvalue weighted by Crippen LogP contribution is -2.29. The van der Waals surface area contributed by atoms with Crippen LogP contribution in [0.25, 0.3) is 0 Å². The first kappa shape index (κ1) is 9.67. The molecular weight excluding hydrogens is 232 g/mol. The van der Waals surface area contributed by atoms with Gasteiger partial charge >= 0.3 is 0 Å². The Hall–Kier alpha value is -0.420. The number of alkyl halides is 2. The normalized spacial score (nSPS) is 12.0. The average Bonchev–Trinajstić information content (AvgIpc) is 2.35. The highest BCUT2D eigenvalue weighted by Crippen LogP contribution is 2.22. The minimum Gasteiger partial charge on any atom is -0.454 e. The first-order chi connectivity index (χ1) is 5.53. The standard InChI is InChI=1S/C7H8BrF2NO/c8-6-2-1-5(12-6)3-7(9,10)4-11/h1-2H,3-4,11H2. The maximum Gasteiger partial charge on any atom is 0.267 e. The second kappa shape index (κ2) is 3.53. The van der Waals surface area contributed by atoms with E-state index in [9.17, 15) is 8.78 Å². The van der Waals surface area contributed by atoms with Crippen molar-refractivity contribution >= 4 is 15.9 Å². The lowest BCUT2D eigenvalue weighted by atomic mass is 10.2. The molecule has 0 atom stereocenters. The van der Waals surface area contributed by atoms with Crippen molar-refractivity contribution in [2.24, 2.45) is 5.73 Å². The highest BCUT2D eigenvalue weighted by atomic mass is 79.9. The Kier molecular flexibility index (Phi) is 2.85. The molecule has 0 bridgehead atoms. The third-order valence-corrected chi connectivity index (χ3v) is 1.79. The summed E-state index contributed by atoms with van der Waals surface area (Å²) >= 11 is 3.02. The number of hydrogen-bond donors (Lipinski definition) is 1. The van der Waals surface area contributed by atoms with Gasteiger partial charge in [0, 0.05) is 0 Å². The number of nitrogens with two attached hydrogens (primary N) is 1. The second-order valence-corrected chi connectivity index (χ2v) is 3.22. The van der Waals surface area contributed by atoms with Gasteiger partial charge in [0.15, 0.2) is 4.67 Å². The van der Waals surface area contributed by atoms with Crippen molar-refractivity contribution in [3.8, 4) is 0 Å². The lowest BCUT2D eigenvalue weighted by molar-refractivity contribution is 0.00654. The molecule has 0 aliphatic rings. The summed E-state index contributed by atoms with van der Waals surface area (Å²) in [6.45, 7) is -0.661. The van der Waals surface area contributed by atoms with Crippen LogP contribution in [0.3, 0.4) is 0 Å². The van der Waals surface area contributed by atoms with Gasteiger partial charge in [0.05, 0.1) is 13.0 Å². The fraction of sp³-hybridized carbons (Fsp3) is 0.429. The van der Waals surface area contributed by atoms with E-state index in [0.717, 1.165) is 0 Å². The largest absolute Gasteiger partial charge is 0.454 e. The van der Waals surface area contributed by atoms with E-state index in [1.165, 1.54) is 6.07 Å². The van der Waals surface area contributed by atoms with Crippen molar-refractivity contribution in [2.45, 2.75) is 12.3 Å². The van der Waals surface area contributed by atoms with Crippen LogP contribution in [0, 0.1) is 0 Å². The smallest absolute Gasteiger partial charge is 0.267 e. The van der Waals surface area contributed by atoms with Crippen LogP contribution in [0.4, 0.5) is 8.78 Å². The first-order valence-corrected chi connectivity index (χ1v) is 4.15. The van der Waals surface area contributed by atoms with Crippen molar-refractivity contribution in [3.05, 3.63) is 22.6 Å². The molecule has 0 saturated carbocycles. The molecule has 0 saturated heterocycles. The quantitative estimate of drug-likeness (QED) is 0.879. The van der Waals surface area contributed by atoms with Crippen LogP contribution in [-0.2, 0) is 6.42 Å². The van der Waals surface area contributed by atoms with Crippen molar-refractivity contribution < 1.29 is 13.2 Å². The molecule has 1 heterocycles. The molecule has 0 aromatic carbocycles. The molecule has 0 aliphatic heterocycles. The number of hydrogen-bond acceptors (Lipinski definition) is 2. The fourth-order valence-corrected chi connectivity index (χ4v) is 1.11. The Labute approximate surface area is 76.9 Å². The fourth-order valence-electron chi connectivity index (χ4n) is 0.774. The third-order valence-electron chi connectivity index (χ3n) is 1.36. The van der Waals surface area contributed by atoms with Gasteiger partial charge < -0.3 is 10.2 Å². The highest BCUT2D eigenvalue weighted by Gasteiger charge is 2.28. The summed E-state index contributed by atoms with van der Waals surface area (Å²) in [6, 6.07) is 3.07. The van der Waals surface area contributed by atoms with Gasteiger partial charge in [-0.2, -0.15) is 0 Å². The summed E-state index contributed by atoms with van der Waals surface area (Å²) < 4.78 is 30.6. The maximum atomic E-state index is 12.6. The van der Waals surface area contributed by atoms with Gasteiger partial charge in [-0.3, -0.25) is 0 Å². The number of halogens is 3. The van der Waals surface area contributed by atoms with Gasteiger partial charge in [-0.05, 0) is 28.1 Å². The summed E-state index contributed by atoms with van der Waals surface area (Å²) in [6.07, 6.45) is -0.449. The molecule has 2 N–H and O–H groups in total. The van der Waals surface area contributed by atoms with Crippen LogP contribution in [0.5, 0.6) is 0 Å². The van der Waals surface area contributed by atoms with Crippen molar-refractivity contribution in [1.29, 1.82) is 0 Å². The molecule has 68 valence electrons. The minimum absolute atomic E-state index is 0.234. The van der Waals surface area contributed by atoms with Crippen LogP contribution >= 0.6 is 15.9 Å². The Morgan fingerprint density at radius 3 is 2.58 bits per heavy atom. The summed E-state index contributed by atoms with van der Waals surface area (Å²) in [7, 11) is 0. The topological polar surface area (TPSA) is 39.2 Å². The Balaban J connectivity index is 2.63. The average molecular weight is 240 g/mol. The molecule has 0 fully saturated rings. The predicted octanol–water partition coefficient (Wildman–Crippen LogP) is 2.18. The van der Waals surface area contributed by atoms with Crippen LogP contribution < -0.4 is 5.73 Å². The number of furan rings is 1. The molecule has 5 heteroatoms. The molecule has 1 rings (SSSR count). The van der Waals surface area contributed by atoms with Crippen LogP contribution in [0.15, 0.2) is 21.2 Å².